The van der Waals surface area contributed by atoms with Crippen LogP contribution < -0.4 is 22.1 Å². The Labute approximate surface area is 380 Å². The lowest BCUT2D eigenvalue weighted by Gasteiger charge is -2.34. The zero-order chi connectivity index (χ0) is 46.4. The van der Waals surface area contributed by atoms with E-state index in [-0.39, 0.29) is 23.3 Å². The van der Waals surface area contributed by atoms with Crippen molar-refractivity contribution in [3.63, 3.8) is 0 Å². The van der Waals surface area contributed by atoms with Gasteiger partial charge in [0.05, 0.1) is 23.1 Å². The fourth-order valence-corrected chi connectivity index (χ4v) is 13.0. The summed E-state index contributed by atoms with van der Waals surface area (Å²) < 4.78 is 46.4. The Morgan fingerprint density at radius 1 is 1.00 bits per heavy atom. The molecule has 10 rings (SSSR count). The molecule has 1 unspecified atom stereocenters. The molecule has 0 bridgehead atoms. The van der Waals surface area contributed by atoms with Crippen LogP contribution in [-0.4, -0.2) is 84.1 Å². The number of aryl methyl sites for hydroxylation is 2. The highest BCUT2D eigenvalue weighted by molar-refractivity contribution is 7.71. The van der Waals surface area contributed by atoms with Crippen LogP contribution in [0.3, 0.4) is 0 Å². The van der Waals surface area contributed by atoms with Gasteiger partial charge in [-0.25, -0.2) is 18.7 Å². The molecule has 1 amide bonds. The van der Waals surface area contributed by atoms with Gasteiger partial charge in [0, 0.05) is 79.2 Å². The third-order valence-electron chi connectivity index (χ3n) is 14.3. The van der Waals surface area contributed by atoms with Crippen molar-refractivity contribution >= 4 is 34.9 Å². The SMILES string of the molecule is CCCP(C)(=O)c1ccc(-n2ccn(-c3c4c(nn3-c3cc(C)c(F)c(C)c3)CCN(C(=O)c3cc5cc(C6CCOCC6)ccc5n3[C@@]3(c5noc(=O)[nH]5)C[C@@H]3C)[C@H]4C)c2=O)cc1NC. The Kier molecular flexibility index (Phi) is 10.8. The van der Waals surface area contributed by atoms with Crippen LogP contribution in [0, 0.1) is 25.6 Å². The molecular weight excluding hydrogens is 861 g/mol. The molecule has 66 heavy (non-hydrogen) atoms. The lowest BCUT2D eigenvalue weighted by atomic mass is 9.91. The van der Waals surface area contributed by atoms with Crippen molar-refractivity contribution < 1.29 is 23.0 Å². The van der Waals surface area contributed by atoms with Gasteiger partial charge >= 0.3 is 11.4 Å². The first-order chi connectivity index (χ1) is 31.7. The number of fused-ring (bicyclic) bond motifs is 2. The number of rotatable bonds is 11. The molecule has 2 fully saturated rings. The molecule has 15 nitrogen and oxygen atoms in total. The van der Waals surface area contributed by atoms with Crippen molar-refractivity contribution in [3.8, 4) is 17.2 Å². The molecule has 3 aliphatic rings. The Balaban J connectivity index is 1.11. The predicted molar refractivity (Wildman–Crippen MR) is 252 cm³/mol. The van der Waals surface area contributed by atoms with Gasteiger partial charge in [0.25, 0.3) is 5.91 Å². The monoisotopic (exact) mass is 915 g/mol. The Morgan fingerprint density at radius 2 is 1.73 bits per heavy atom. The fraction of sp³-hybridized carbons (Fsp3) is 0.408. The minimum Gasteiger partial charge on any atom is -0.387 e. The summed E-state index contributed by atoms with van der Waals surface area (Å²) in [5, 5.41) is 14.1. The highest BCUT2D eigenvalue weighted by Crippen LogP contribution is 2.56. The van der Waals surface area contributed by atoms with Crippen molar-refractivity contribution in [2.75, 3.05) is 44.9 Å². The number of benzene rings is 3. The number of carbonyl (C=O) groups is 1. The third kappa shape index (κ3) is 6.94. The van der Waals surface area contributed by atoms with E-state index in [2.05, 4.69) is 40.6 Å². The summed E-state index contributed by atoms with van der Waals surface area (Å²) in [6.45, 7) is 13.0. The number of nitrogens with zero attached hydrogens (tertiary/aromatic N) is 7. The summed E-state index contributed by atoms with van der Waals surface area (Å²) in [6, 6.07) is 16.7. The number of nitrogens with one attached hydrogen (secondary N) is 2. The van der Waals surface area contributed by atoms with Crippen molar-refractivity contribution in [1.29, 1.82) is 0 Å². The van der Waals surface area contributed by atoms with E-state index in [9.17, 15) is 14.2 Å². The maximum Gasteiger partial charge on any atom is 0.438 e. The molecule has 6 heterocycles. The molecule has 4 atom stereocenters. The molecule has 1 saturated carbocycles. The standard InChI is InChI=1S/C49H55FN9O6P/c1-8-21-66(7,63)41-12-10-35(26-38(41)51-6)56-17-18-57(48(56)62)44-42-31(5)55(16-13-37(42)53-59(44)36-22-28(2)43(50)29(3)23-36)45(60)40-25-34-24-33(32-14-19-64-20-15-32)9-11-39(34)58(40)49(27-30(49)4)46-52-47(61)65-54-46/h9-12,17-18,22-26,30-32,51H,8,13-16,19-21,27H2,1-7H3,(H,52,54,61)/t30-,31-,49-,66?/m0/s1. The largest absolute Gasteiger partial charge is 0.438 e. The number of halogens is 1. The quantitative estimate of drug-likeness (QED) is 0.124. The van der Waals surface area contributed by atoms with Gasteiger partial charge < -0.3 is 24.1 Å². The average molecular weight is 916 g/mol. The van der Waals surface area contributed by atoms with Crippen LogP contribution in [0.1, 0.15) is 103 Å². The summed E-state index contributed by atoms with van der Waals surface area (Å²) in [4.78, 5) is 47.4. The van der Waals surface area contributed by atoms with Gasteiger partial charge in [0.15, 0.2) is 5.82 Å². The molecule has 2 aliphatic heterocycles. The lowest BCUT2D eigenvalue weighted by Crippen LogP contribution is -2.41. The van der Waals surface area contributed by atoms with E-state index < -0.39 is 24.5 Å². The number of imidazole rings is 1. The minimum atomic E-state index is -2.66. The van der Waals surface area contributed by atoms with Gasteiger partial charge in [0.2, 0.25) is 0 Å². The number of anilines is 1. The second kappa shape index (κ2) is 16.3. The highest BCUT2D eigenvalue weighted by Gasteiger charge is 2.59. The van der Waals surface area contributed by atoms with Gasteiger partial charge in [-0.1, -0.05) is 25.1 Å². The summed E-state index contributed by atoms with van der Waals surface area (Å²) in [5.41, 5.74) is 5.35. The smallest absolute Gasteiger partial charge is 0.387 e. The highest BCUT2D eigenvalue weighted by atomic mass is 31.2. The second-order valence-corrected chi connectivity index (χ2v) is 21.7. The Bertz CT molecular complexity index is 3220. The molecule has 7 aromatic rings. The van der Waals surface area contributed by atoms with Crippen LogP contribution in [0.4, 0.5) is 10.1 Å². The Hall–Kier alpha value is -6.25. The van der Waals surface area contributed by atoms with Gasteiger partial charge in [0.1, 0.15) is 30.0 Å². The summed E-state index contributed by atoms with van der Waals surface area (Å²) in [5.74, 6) is -0.0543. The number of H-pyrrole nitrogens is 1. The molecule has 2 N–H and O–H groups in total. The minimum absolute atomic E-state index is 0.0209. The number of aromatic nitrogens is 7. The van der Waals surface area contributed by atoms with Gasteiger partial charge in [-0.05, 0) is 130 Å². The van der Waals surface area contributed by atoms with Crippen molar-refractivity contribution in [2.45, 2.75) is 84.2 Å². The number of hydrogen-bond acceptors (Lipinski definition) is 9. The molecule has 1 saturated heterocycles. The first-order valence-corrected chi connectivity index (χ1v) is 25.2. The summed E-state index contributed by atoms with van der Waals surface area (Å²) in [7, 11) is -0.886. The van der Waals surface area contributed by atoms with Crippen molar-refractivity contribution in [2.24, 2.45) is 5.92 Å². The third-order valence-corrected chi connectivity index (χ3v) is 17.0. The number of aromatic amines is 1. The first kappa shape index (κ1) is 43.6. The van der Waals surface area contributed by atoms with E-state index in [0.717, 1.165) is 35.5 Å². The van der Waals surface area contributed by atoms with Crippen molar-refractivity contribution in [1.82, 2.24) is 38.5 Å². The van der Waals surface area contributed by atoms with Gasteiger partial charge in [-0.3, -0.25) is 23.4 Å². The van der Waals surface area contributed by atoms with Crippen LogP contribution in [0.15, 0.2) is 81.1 Å². The van der Waals surface area contributed by atoms with Crippen LogP contribution in [0.2, 0.25) is 0 Å². The number of ether oxygens (including phenoxy) is 1. The molecule has 17 heteroatoms. The Morgan fingerprint density at radius 3 is 2.39 bits per heavy atom. The van der Waals surface area contributed by atoms with Crippen LogP contribution >= 0.6 is 7.14 Å². The number of hydrogen-bond donors (Lipinski definition) is 2. The molecule has 0 radical (unpaired) electrons. The van der Waals surface area contributed by atoms with Gasteiger partial charge in [-0.15, -0.1) is 0 Å². The average Bonchev–Trinajstić information content (AvgIpc) is 3.80. The van der Waals surface area contributed by atoms with E-state index in [0.29, 0.717) is 101 Å². The summed E-state index contributed by atoms with van der Waals surface area (Å²) >= 11 is 0. The predicted octanol–water partition coefficient (Wildman–Crippen LogP) is 7.71. The zero-order valence-corrected chi connectivity index (χ0v) is 39.2. The van der Waals surface area contributed by atoms with E-state index in [4.69, 9.17) is 14.4 Å². The van der Waals surface area contributed by atoms with E-state index in [1.807, 2.05) is 47.6 Å². The maximum atomic E-state index is 15.5. The second-order valence-electron chi connectivity index (χ2n) is 18.6. The maximum absolute atomic E-state index is 15.5. The molecule has 4 aromatic heterocycles. The van der Waals surface area contributed by atoms with Crippen molar-refractivity contribution in [3.05, 3.63) is 133 Å². The molecule has 344 valence electrons. The lowest BCUT2D eigenvalue weighted by molar-refractivity contribution is 0.0663. The van der Waals surface area contributed by atoms with Gasteiger partial charge in [-0.2, -0.15) is 5.10 Å². The number of amides is 1. The molecular formula is C49H55FN9O6P. The first-order valence-electron chi connectivity index (χ1n) is 22.9. The molecule has 3 aromatic carbocycles. The number of carbonyl (C=O) groups excluding carboxylic acids is 1. The van der Waals surface area contributed by atoms with Crippen LogP contribution in [-0.2, 0) is 21.3 Å². The normalized spacial score (nSPS) is 20.7. The van der Waals surface area contributed by atoms with E-state index >= 15 is 9.18 Å². The topological polar surface area (TPSA) is 167 Å². The van der Waals surface area contributed by atoms with Crippen LogP contribution in [0.5, 0.6) is 0 Å². The van der Waals surface area contributed by atoms with Crippen LogP contribution in [0.25, 0.3) is 28.1 Å². The fourth-order valence-electron chi connectivity index (χ4n) is 10.8. The zero-order valence-electron chi connectivity index (χ0n) is 38.4. The molecule has 0 spiro atoms. The van der Waals surface area contributed by atoms with E-state index in [1.54, 1.807) is 56.8 Å². The molecule has 1 aliphatic carbocycles. The summed E-state index contributed by atoms with van der Waals surface area (Å²) in [6.07, 6.45) is 7.55. The van der Waals surface area contributed by atoms with E-state index in [1.165, 1.54) is 14.7 Å².